The molecule has 0 unspecified atom stereocenters. The molecule has 1 N–H and O–H groups in total. The van der Waals surface area contributed by atoms with E-state index in [4.69, 9.17) is 9.47 Å². The van der Waals surface area contributed by atoms with Gasteiger partial charge in [0.15, 0.2) is 5.75 Å². The second-order valence-corrected chi connectivity index (χ2v) is 5.48. The maximum Gasteiger partial charge on any atom is 0.341 e. The van der Waals surface area contributed by atoms with E-state index in [1.807, 2.05) is 6.92 Å². The molecule has 124 valence electrons. The van der Waals surface area contributed by atoms with Crippen molar-refractivity contribution in [3.05, 3.63) is 58.7 Å². The van der Waals surface area contributed by atoms with E-state index < -0.39 is 5.97 Å². The number of hydrogen-bond donors (Lipinski definition) is 1. The number of nitrogens with zero attached hydrogens (tertiary/aromatic N) is 1. The molecule has 24 heavy (non-hydrogen) atoms. The average Bonchev–Trinajstić information content (AvgIpc) is 3.00. The van der Waals surface area contributed by atoms with E-state index in [0.717, 1.165) is 16.6 Å². The number of imidazole rings is 1. The third kappa shape index (κ3) is 2.82. The van der Waals surface area contributed by atoms with Gasteiger partial charge < -0.3 is 14.5 Å². The maximum absolute atomic E-state index is 13.0. The molecule has 0 bridgehead atoms. The van der Waals surface area contributed by atoms with Crippen molar-refractivity contribution in [2.24, 2.45) is 0 Å². The summed E-state index contributed by atoms with van der Waals surface area (Å²) in [5.74, 6) is 0.371. The Morgan fingerprint density at radius 2 is 1.96 bits per heavy atom. The summed E-state index contributed by atoms with van der Waals surface area (Å²) in [6, 6.07) is 7.97. The first kappa shape index (κ1) is 16.0. The summed E-state index contributed by atoms with van der Waals surface area (Å²) in [5, 5.41) is 0. The van der Waals surface area contributed by atoms with Gasteiger partial charge in [-0.3, -0.25) is 0 Å². The first-order valence-corrected chi connectivity index (χ1v) is 7.42. The van der Waals surface area contributed by atoms with Crippen molar-refractivity contribution in [2.45, 2.75) is 13.3 Å². The Kier molecular flexibility index (Phi) is 4.20. The number of halogens is 1. The van der Waals surface area contributed by atoms with Gasteiger partial charge >= 0.3 is 5.97 Å². The van der Waals surface area contributed by atoms with Gasteiger partial charge in [0.1, 0.15) is 22.7 Å². The van der Waals surface area contributed by atoms with Gasteiger partial charge in [0, 0.05) is 6.42 Å². The molecule has 0 aliphatic rings. The van der Waals surface area contributed by atoms with E-state index in [1.165, 1.54) is 26.4 Å². The molecule has 0 aliphatic carbocycles. The van der Waals surface area contributed by atoms with Crippen LogP contribution in [0.25, 0.3) is 11.0 Å². The Hall–Kier alpha value is -2.89. The summed E-state index contributed by atoms with van der Waals surface area (Å²) in [5.41, 5.74) is 3.50. The Balaban J connectivity index is 2.08. The van der Waals surface area contributed by atoms with Gasteiger partial charge in [-0.2, -0.15) is 0 Å². The number of methoxy groups -OCH3 is 2. The van der Waals surface area contributed by atoms with Crippen molar-refractivity contribution in [1.82, 2.24) is 9.97 Å². The molecule has 6 heteroatoms. The van der Waals surface area contributed by atoms with E-state index in [9.17, 15) is 9.18 Å². The predicted octanol–water partition coefficient (Wildman–Crippen LogP) is 3.40. The van der Waals surface area contributed by atoms with Crippen LogP contribution in [-0.2, 0) is 11.2 Å². The van der Waals surface area contributed by atoms with Crippen molar-refractivity contribution in [1.29, 1.82) is 0 Å². The molecular weight excluding hydrogens is 311 g/mol. The van der Waals surface area contributed by atoms with Crippen LogP contribution in [-0.4, -0.2) is 30.2 Å². The highest BCUT2D eigenvalue weighted by Crippen LogP contribution is 2.31. The van der Waals surface area contributed by atoms with Crippen molar-refractivity contribution in [2.75, 3.05) is 14.2 Å². The number of aryl methyl sites for hydroxylation is 1. The highest BCUT2D eigenvalue weighted by Gasteiger charge is 2.20. The number of carbonyl (C=O) groups excluding carboxylic acids is 1. The predicted molar refractivity (Wildman–Crippen MR) is 87.9 cm³/mol. The topological polar surface area (TPSA) is 64.2 Å². The summed E-state index contributed by atoms with van der Waals surface area (Å²) < 4.78 is 23.2. The molecule has 0 amide bonds. The van der Waals surface area contributed by atoms with Gasteiger partial charge in [-0.1, -0.05) is 12.1 Å². The molecule has 0 atom stereocenters. The number of nitrogens with one attached hydrogen (secondary N) is 1. The fraction of sp³-hybridized carbons (Fsp3) is 0.222. The minimum atomic E-state index is -0.466. The van der Waals surface area contributed by atoms with Crippen LogP contribution in [0.3, 0.4) is 0 Å². The minimum absolute atomic E-state index is 0.274. The highest BCUT2D eigenvalue weighted by atomic mass is 19.1. The number of H-pyrrole nitrogens is 1. The van der Waals surface area contributed by atoms with Crippen LogP contribution in [0.15, 0.2) is 30.3 Å². The summed E-state index contributed by atoms with van der Waals surface area (Å²) >= 11 is 0. The highest BCUT2D eigenvalue weighted by molar-refractivity contribution is 6.00. The molecule has 2 aromatic carbocycles. The first-order chi connectivity index (χ1) is 11.5. The van der Waals surface area contributed by atoms with E-state index >= 15 is 0 Å². The van der Waals surface area contributed by atoms with Gasteiger partial charge in [0.25, 0.3) is 0 Å². The second-order valence-electron chi connectivity index (χ2n) is 5.48. The molecule has 0 fully saturated rings. The summed E-state index contributed by atoms with van der Waals surface area (Å²) in [7, 11) is 2.82. The Labute approximate surface area is 138 Å². The molecule has 3 aromatic rings. The third-order valence-electron chi connectivity index (χ3n) is 3.85. The third-order valence-corrected chi connectivity index (χ3v) is 3.85. The molecular formula is C18H17FN2O3. The van der Waals surface area contributed by atoms with Gasteiger partial charge in [-0.25, -0.2) is 14.2 Å². The lowest BCUT2D eigenvalue weighted by Gasteiger charge is -2.09. The van der Waals surface area contributed by atoms with E-state index in [1.54, 1.807) is 18.2 Å². The number of hydrogen-bond acceptors (Lipinski definition) is 4. The molecule has 3 rings (SSSR count). The van der Waals surface area contributed by atoms with Crippen molar-refractivity contribution < 1.29 is 18.7 Å². The van der Waals surface area contributed by atoms with Gasteiger partial charge in [-0.15, -0.1) is 0 Å². The standard InChI is InChI=1S/C18H17FN2O3/c1-10-8-13(18(22)24-3)17(23-2)16-15(10)20-14(21-16)9-11-4-6-12(19)7-5-11/h4-8H,9H2,1-3H3,(H,20,21). The number of aromatic amines is 1. The summed E-state index contributed by atoms with van der Waals surface area (Å²) in [6.45, 7) is 1.87. The van der Waals surface area contributed by atoms with Crippen molar-refractivity contribution in [3.63, 3.8) is 0 Å². The summed E-state index contributed by atoms with van der Waals surface area (Å²) in [6.07, 6.45) is 0.519. The zero-order valence-electron chi connectivity index (χ0n) is 13.6. The number of ether oxygens (including phenoxy) is 2. The van der Waals surface area contributed by atoms with E-state index in [-0.39, 0.29) is 5.82 Å². The van der Waals surface area contributed by atoms with Gasteiger partial charge in [-0.05, 0) is 36.2 Å². The van der Waals surface area contributed by atoms with Crippen LogP contribution in [0.5, 0.6) is 5.75 Å². The minimum Gasteiger partial charge on any atom is -0.494 e. The van der Waals surface area contributed by atoms with Crippen LogP contribution in [0.4, 0.5) is 4.39 Å². The zero-order chi connectivity index (χ0) is 17.3. The van der Waals surface area contributed by atoms with Crippen LogP contribution in [0, 0.1) is 12.7 Å². The Bertz CT molecular complexity index is 901. The molecule has 0 saturated heterocycles. The SMILES string of the molecule is COC(=O)c1cc(C)c2nc(Cc3ccc(F)cc3)[nH]c2c1OC. The van der Waals surface area contributed by atoms with Gasteiger partial charge in [0.2, 0.25) is 0 Å². The quantitative estimate of drug-likeness (QED) is 0.746. The van der Waals surface area contributed by atoms with E-state index in [2.05, 4.69) is 9.97 Å². The molecule has 1 heterocycles. The zero-order valence-corrected chi connectivity index (χ0v) is 13.6. The van der Waals surface area contributed by atoms with Crippen molar-refractivity contribution in [3.8, 4) is 5.75 Å². The average molecular weight is 328 g/mol. The van der Waals surface area contributed by atoms with Crippen LogP contribution in [0.2, 0.25) is 0 Å². The lowest BCUT2D eigenvalue weighted by molar-refractivity contribution is 0.0597. The lowest BCUT2D eigenvalue weighted by Crippen LogP contribution is -2.05. The second kappa shape index (κ2) is 6.31. The Morgan fingerprint density at radius 3 is 2.58 bits per heavy atom. The molecule has 1 aromatic heterocycles. The summed E-state index contributed by atoms with van der Waals surface area (Å²) in [4.78, 5) is 19.7. The number of rotatable bonds is 4. The number of esters is 1. The van der Waals surface area contributed by atoms with E-state index in [0.29, 0.717) is 29.1 Å². The number of fused-ring (bicyclic) bond motifs is 1. The fourth-order valence-corrected chi connectivity index (χ4v) is 2.71. The number of benzene rings is 2. The smallest absolute Gasteiger partial charge is 0.341 e. The first-order valence-electron chi connectivity index (χ1n) is 7.42. The Morgan fingerprint density at radius 1 is 1.25 bits per heavy atom. The van der Waals surface area contributed by atoms with Gasteiger partial charge in [0.05, 0.1) is 19.7 Å². The number of aromatic nitrogens is 2. The molecule has 0 spiro atoms. The molecule has 0 aliphatic heterocycles. The number of carbonyl (C=O) groups is 1. The lowest BCUT2D eigenvalue weighted by atomic mass is 10.1. The van der Waals surface area contributed by atoms with Crippen molar-refractivity contribution >= 4 is 17.0 Å². The van der Waals surface area contributed by atoms with Crippen LogP contribution in [0.1, 0.15) is 27.3 Å². The maximum atomic E-state index is 13.0. The largest absolute Gasteiger partial charge is 0.494 e. The molecule has 0 saturated carbocycles. The van der Waals surface area contributed by atoms with Crippen LogP contribution < -0.4 is 4.74 Å². The molecule has 5 nitrogen and oxygen atoms in total. The molecule has 0 radical (unpaired) electrons. The fourth-order valence-electron chi connectivity index (χ4n) is 2.71. The normalized spacial score (nSPS) is 10.8. The van der Waals surface area contributed by atoms with Crippen LogP contribution >= 0.6 is 0 Å². The monoisotopic (exact) mass is 328 g/mol.